The molecule has 0 bridgehead atoms. The zero-order valence-electron chi connectivity index (χ0n) is 15.7. The molecule has 1 fully saturated rings. The Bertz CT molecular complexity index is 899. The molecule has 2 amide bonds. The van der Waals surface area contributed by atoms with Crippen LogP contribution in [-0.4, -0.2) is 67.2 Å². The van der Waals surface area contributed by atoms with Gasteiger partial charge in [-0.05, 0) is 30.7 Å². The number of nitrogens with one attached hydrogen (secondary N) is 2. The van der Waals surface area contributed by atoms with Gasteiger partial charge >= 0.3 is 6.03 Å². The number of hydrogen-bond donors (Lipinski definition) is 2. The zero-order chi connectivity index (χ0) is 20.0. The van der Waals surface area contributed by atoms with Crippen molar-refractivity contribution in [2.24, 2.45) is 0 Å². The average Bonchev–Trinajstić information content (AvgIpc) is 2.68. The highest BCUT2D eigenvalue weighted by Gasteiger charge is 2.27. The van der Waals surface area contributed by atoms with Crippen molar-refractivity contribution in [1.29, 1.82) is 0 Å². The summed E-state index contributed by atoms with van der Waals surface area (Å²) in [6.07, 6.45) is 3.33. The standard InChI is InChI=1S/C18H24N6O3S/c1-15-4-2-5-16(14-15)22-18(25)21-8-13-28(26,27)24-11-9-23(10-12-24)17-19-6-3-7-20-17/h2-7,14H,8-13H2,1H3,(H2,21,22,25). The van der Waals surface area contributed by atoms with Crippen molar-refractivity contribution in [3.05, 3.63) is 48.3 Å². The van der Waals surface area contributed by atoms with E-state index in [0.717, 1.165) is 5.56 Å². The fraction of sp³-hybridized carbons (Fsp3) is 0.389. The molecular weight excluding hydrogens is 380 g/mol. The molecular formula is C18H24N6O3S. The van der Waals surface area contributed by atoms with E-state index in [1.807, 2.05) is 30.0 Å². The van der Waals surface area contributed by atoms with Crippen LogP contribution in [0.25, 0.3) is 0 Å². The van der Waals surface area contributed by atoms with E-state index < -0.39 is 16.1 Å². The summed E-state index contributed by atoms with van der Waals surface area (Å²) in [4.78, 5) is 22.3. The number of aryl methyl sites for hydroxylation is 1. The quantitative estimate of drug-likeness (QED) is 0.745. The van der Waals surface area contributed by atoms with Gasteiger partial charge in [-0.2, -0.15) is 4.31 Å². The van der Waals surface area contributed by atoms with Gasteiger partial charge in [0.1, 0.15) is 0 Å². The number of benzene rings is 1. The van der Waals surface area contributed by atoms with Crippen LogP contribution in [0.15, 0.2) is 42.7 Å². The maximum absolute atomic E-state index is 12.5. The number of carbonyl (C=O) groups is 1. The lowest BCUT2D eigenvalue weighted by molar-refractivity contribution is 0.252. The fourth-order valence-corrected chi connectivity index (χ4v) is 4.28. The summed E-state index contributed by atoms with van der Waals surface area (Å²) in [5, 5.41) is 5.29. The average molecular weight is 404 g/mol. The van der Waals surface area contributed by atoms with Gasteiger partial charge in [0, 0.05) is 50.8 Å². The molecule has 0 aliphatic carbocycles. The minimum Gasteiger partial charge on any atom is -0.338 e. The highest BCUT2D eigenvalue weighted by atomic mass is 32.2. The van der Waals surface area contributed by atoms with Crippen LogP contribution < -0.4 is 15.5 Å². The number of urea groups is 1. The number of carbonyl (C=O) groups excluding carboxylic acids is 1. The Morgan fingerprint density at radius 2 is 1.82 bits per heavy atom. The number of rotatable bonds is 6. The number of nitrogens with zero attached hydrogens (tertiary/aromatic N) is 4. The molecule has 1 aromatic heterocycles. The predicted octanol–water partition coefficient (Wildman–Crippen LogP) is 1.06. The van der Waals surface area contributed by atoms with Crippen LogP contribution in [0.1, 0.15) is 5.56 Å². The Kier molecular flexibility index (Phi) is 6.42. The molecule has 2 N–H and O–H groups in total. The van der Waals surface area contributed by atoms with E-state index in [1.54, 1.807) is 24.5 Å². The first-order chi connectivity index (χ1) is 13.4. The van der Waals surface area contributed by atoms with Crippen molar-refractivity contribution < 1.29 is 13.2 Å². The zero-order valence-corrected chi connectivity index (χ0v) is 16.5. The van der Waals surface area contributed by atoms with Crippen LogP contribution in [0.4, 0.5) is 16.4 Å². The number of aromatic nitrogens is 2. The number of piperazine rings is 1. The second-order valence-electron chi connectivity index (χ2n) is 6.50. The van der Waals surface area contributed by atoms with Crippen LogP contribution in [0.2, 0.25) is 0 Å². The molecule has 2 heterocycles. The van der Waals surface area contributed by atoms with Gasteiger partial charge in [-0.3, -0.25) is 0 Å². The van der Waals surface area contributed by atoms with Gasteiger partial charge in [-0.25, -0.2) is 23.2 Å². The Balaban J connectivity index is 1.43. The fourth-order valence-electron chi connectivity index (χ4n) is 2.94. The van der Waals surface area contributed by atoms with Crippen LogP contribution in [0.5, 0.6) is 0 Å². The molecule has 9 nitrogen and oxygen atoms in total. The Hall–Kier alpha value is -2.72. The Morgan fingerprint density at radius 3 is 2.50 bits per heavy atom. The SMILES string of the molecule is Cc1cccc(NC(=O)NCCS(=O)(=O)N2CCN(c3ncccn3)CC2)c1. The highest BCUT2D eigenvalue weighted by Crippen LogP contribution is 2.13. The van der Waals surface area contributed by atoms with E-state index >= 15 is 0 Å². The topological polar surface area (TPSA) is 108 Å². The van der Waals surface area contributed by atoms with E-state index in [-0.39, 0.29) is 12.3 Å². The van der Waals surface area contributed by atoms with Crippen molar-refractivity contribution in [2.75, 3.05) is 48.7 Å². The molecule has 0 unspecified atom stereocenters. The molecule has 1 aliphatic rings. The minimum absolute atomic E-state index is 0.0436. The maximum Gasteiger partial charge on any atom is 0.319 e. The molecule has 0 spiro atoms. The third-order valence-electron chi connectivity index (χ3n) is 4.39. The van der Waals surface area contributed by atoms with Crippen LogP contribution >= 0.6 is 0 Å². The molecule has 3 rings (SSSR count). The van der Waals surface area contributed by atoms with Crippen molar-refractivity contribution >= 4 is 27.7 Å². The summed E-state index contributed by atoms with van der Waals surface area (Å²) in [7, 11) is -3.44. The molecule has 0 atom stereocenters. The molecule has 0 radical (unpaired) electrons. The van der Waals surface area contributed by atoms with E-state index in [0.29, 0.717) is 37.8 Å². The van der Waals surface area contributed by atoms with Crippen molar-refractivity contribution in [3.63, 3.8) is 0 Å². The summed E-state index contributed by atoms with van der Waals surface area (Å²) < 4.78 is 26.5. The molecule has 2 aromatic rings. The summed E-state index contributed by atoms with van der Waals surface area (Å²) in [6.45, 7) is 3.78. The molecule has 0 saturated carbocycles. The van der Waals surface area contributed by atoms with Crippen LogP contribution in [-0.2, 0) is 10.0 Å². The Labute approximate surface area is 164 Å². The Morgan fingerprint density at radius 1 is 1.11 bits per heavy atom. The molecule has 1 aromatic carbocycles. The predicted molar refractivity (Wildman–Crippen MR) is 108 cm³/mol. The number of hydrogen-bond acceptors (Lipinski definition) is 6. The minimum atomic E-state index is -3.44. The third kappa shape index (κ3) is 5.40. The summed E-state index contributed by atoms with van der Waals surface area (Å²) in [6, 6.07) is 8.71. The van der Waals surface area contributed by atoms with E-state index in [9.17, 15) is 13.2 Å². The first-order valence-electron chi connectivity index (χ1n) is 9.05. The van der Waals surface area contributed by atoms with Gasteiger partial charge in [0.2, 0.25) is 16.0 Å². The van der Waals surface area contributed by atoms with Gasteiger partial charge < -0.3 is 15.5 Å². The van der Waals surface area contributed by atoms with Crippen LogP contribution in [0, 0.1) is 6.92 Å². The second-order valence-corrected chi connectivity index (χ2v) is 8.59. The normalized spacial score (nSPS) is 15.2. The molecule has 1 aliphatic heterocycles. The maximum atomic E-state index is 12.5. The molecule has 150 valence electrons. The van der Waals surface area contributed by atoms with Crippen LogP contribution in [0.3, 0.4) is 0 Å². The van der Waals surface area contributed by atoms with E-state index in [1.165, 1.54) is 4.31 Å². The van der Waals surface area contributed by atoms with E-state index in [4.69, 9.17) is 0 Å². The lowest BCUT2D eigenvalue weighted by atomic mass is 10.2. The first kappa shape index (κ1) is 20.0. The third-order valence-corrected chi connectivity index (χ3v) is 6.26. The van der Waals surface area contributed by atoms with E-state index in [2.05, 4.69) is 20.6 Å². The summed E-state index contributed by atoms with van der Waals surface area (Å²) in [5.41, 5.74) is 1.69. The van der Waals surface area contributed by atoms with Gasteiger partial charge in [-0.15, -0.1) is 0 Å². The van der Waals surface area contributed by atoms with Crippen molar-refractivity contribution in [1.82, 2.24) is 19.6 Å². The molecule has 10 heteroatoms. The summed E-state index contributed by atoms with van der Waals surface area (Å²) >= 11 is 0. The van der Waals surface area contributed by atoms with Gasteiger partial charge in [-0.1, -0.05) is 12.1 Å². The van der Waals surface area contributed by atoms with Crippen molar-refractivity contribution in [3.8, 4) is 0 Å². The smallest absolute Gasteiger partial charge is 0.319 e. The highest BCUT2D eigenvalue weighted by molar-refractivity contribution is 7.89. The monoisotopic (exact) mass is 404 g/mol. The largest absolute Gasteiger partial charge is 0.338 e. The number of amides is 2. The molecule has 1 saturated heterocycles. The van der Waals surface area contributed by atoms with Gasteiger partial charge in [0.05, 0.1) is 5.75 Å². The number of anilines is 2. The summed E-state index contributed by atoms with van der Waals surface area (Å²) in [5.74, 6) is 0.463. The van der Waals surface area contributed by atoms with Gasteiger partial charge in [0.25, 0.3) is 0 Å². The van der Waals surface area contributed by atoms with Gasteiger partial charge in [0.15, 0.2) is 0 Å². The molecule has 28 heavy (non-hydrogen) atoms. The second kappa shape index (κ2) is 8.98. The lowest BCUT2D eigenvalue weighted by Crippen LogP contribution is -2.50. The lowest BCUT2D eigenvalue weighted by Gasteiger charge is -2.33. The number of sulfonamides is 1. The first-order valence-corrected chi connectivity index (χ1v) is 10.7. The van der Waals surface area contributed by atoms with Crippen molar-refractivity contribution in [2.45, 2.75) is 6.92 Å².